The molecule has 0 spiro atoms. The molecule has 1 atom stereocenters. The molecule has 0 aromatic heterocycles. The van der Waals surface area contributed by atoms with E-state index in [0.717, 1.165) is 26.4 Å². The van der Waals surface area contributed by atoms with Crippen molar-refractivity contribution < 1.29 is 41.8 Å². The van der Waals surface area contributed by atoms with Gasteiger partial charge in [0.2, 0.25) is 0 Å². The fraction of sp³-hybridized carbons (Fsp3) is 0.450. The molecule has 0 heterocycles. The molecule has 1 aromatic carbocycles. The Balaban J connectivity index is 2.53. The topological polar surface area (TPSA) is 78.9 Å². The summed E-state index contributed by atoms with van der Waals surface area (Å²) in [4.78, 5) is 37.4. The Morgan fingerprint density at radius 2 is 1.66 bits per heavy atom. The Labute approximate surface area is 165 Å². The van der Waals surface area contributed by atoms with Crippen LogP contribution in [0.4, 0.5) is 13.2 Å². The molecule has 1 aromatic rings. The Morgan fingerprint density at radius 1 is 1.10 bits per heavy atom. The van der Waals surface area contributed by atoms with Crippen LogP contribution in [0, 0.1) is 11.3 Å². The molecule has 9 heteroatoms. The van der Waals surface area contributed by atoms with Gasteiger partial charge in [-0.05, 0) is 43.0 Å². The van der Waals surface area contributed by atoms with Crippen molar-refractivity contribution in [3.63, 3.8) is 0 Å². The highest BCUT2D eigenvalue weighted by molar-refractivity contribution is 6.06. The van der Waals surface area contributed by atoms with Gasteiger partial charge >= 0.3 is 24.1 Å². The summed E-state index contributed by atoms with van der Waals surface area (Å²) < 4.78 is 52.9. The van der Waals surface area contributed by atoms with Crippen LogP contribution in [-0.4, -0.2) is 38.7 Å². The highest BCUT2D eigenvalue weighted by atomic mass is 19.4. The van der Waals surface area contributed by atoms with Crippen molar-refractivity contribution in [3.8, 4) is 0 Å². The first-order chi connectivity index (χ1) is 13.6. The van der Waals surface area contributed by atoms with E-state index in [1.165, 1.54) is 18.2 Å². The lowest BCUT2D eigenvalue weighted by Crippen LogP contribution is -2.41. The third-order valence-electron chi connectivity index (χ3n) is 4.83. The molecule has 1 fully saturated rings. The molecule has 1 aliphatic rings. The lowest BCUT2D eigenvalue weighted by atomic mass is 9.80. The molecule has 6 nitrogen and oxygen atoms in total. The van der Waals surface area contributed by atoms with Crippen molar-refractivity contribution in [2.45, 2.75) is 25.9 Å². The molecule has 0 amide bonds. The molecule has 158 valence electrons. The summed E-state index contributed by atoms with van der Waals surface area (Å²) in [5.41, 5.74) is -2.16. The predicted octanol–water partition coefficient (Wildman–Crippen LogP) is 3.39. The molecule has 1 unspecified atom stereocenters. The lowest BCUT2D eigenvalue weighted by molar-refractivity contribution is -0.166. The van der Waals surface area contributed by atoms with Crippen LogP contribution in [0.3, 0.4) is 0 Å². The van der Waals surface area contributed by atoms with Crippen LogP contribution in [0.5, 0.6) is 0 Å². The zero-order valence-corrected chi connectivity index (χ0v) is 16.2. The van der Waals surface area contributed by atoms with Gasteiger partial charge in [0.05, 0.1) is 32.3 Å². The van der Waals surface area contributed by atoms with Crippen molar-refractivity contribution in [1.82, 2.24) is 0 Å². The Morgan fingerprint density at radius 3 is 2.10 bits per heavy atom. The number of esters is 3. The van der Waals surface area contributed by atoms with Crippen LogP contribution in [0.2, 0.25) is 0 Å². The maximum atomic E-state index is 12.8. The second-order valence-corrected chi connectivity index (χ2v) is 6.54. The summed E-state index contributed by atoms with van der Waals surface area (Å²) in [6.45, 7) is 1.75. The molecule has 0 bridgehead atoms. The van der Waals surface area contributed by atoms with E-state index in [0.29, 0.717) is 5.56 Å². The highest BCUT2D eigenvalue weighted by Crippen LogP contribution is 2.49. The van der Waals surface area contributed by atoms with E-state index in [2.05, 4.69) is 0 Å². The SMILES string of the molecule is CCOC(=O)C1C/C(=C\c2ccc(C(F)(F)F)cc2)C(C(=O)OC)(C(=O)OC)C1. The summed E-state index contributed by atoms with van der Waals surface area (Å²) in [6.07, 6.45) is -3.29. The molecule has 0 radical (unpaired) electrons. The largest absolute Gasteiger partial charge is 0.468 e. The van der Waals surface area contributed by atoms with E-state index < -0.39 is 41.0 Å². The first kappa shape index (κ1) is 22.4. The van der Waals surface area contributed by atoms with Gasteiger partial charge in [0, 0.05) is 0 Å². The highest BCUT2D eigenvalue weighted by Gasteiger charge is 2.58. The van der Waals surface area contributed by atoms with Gasteiger partial charge in [0.25, 0.3) is 0 Å². The summed E-state index contributed by atoms with van der Waals surface area (Å²) >= 11 is 0. The fourth-order valence-corrected chi connectivity index (χ4v) is 3.45. The number of hydrogen-bond donors (Lipinski definition) is 0. The molecule has 0 N–H and O–H groups in total. The van der Waals surface area contributed by atoms with Crippen LogP contribution < -0.4 is 0 Å². The molecule has 1 aliphatic carbocycles. The number of benzene rings is 1. The zero-order valence-electron chi connectivity index (χ0n) is 16.2. The smallest absolute Gasteiger partial charge is 0.416 e. The normalized spacial score (nSPS) is 19.7. The molecule has 0 aliphatic heterocycles. The lowest BCUT2D eigenvalue weighted by Gasteiger charge is -2.25. The van der Waals surface area contributed by atoms with Crippen LogP contribution in [0.15, 0.2) is 29.8 Å². The minimum atomic E-state index is -4.49. The first-order valence-corrected chi connectivity index (χ1v) is 8.81. The standard InChI is InChI=1S/C20H21F3O6/c1-4-29-16(24)13-10-15(19(11-13,17(25)27-2)18(26)28-3)9-12-5-7-14(8-6-12)20(21,22)23/h5-9,13H,4,10-11H2,1-3H3/b15-9+. The van der Waals surface area contributed by atoms with E-state index in [4.69, 9.17) is 14.2 Å². The number of carbonyl (C=O) groups excluding carboxylic acids is 3. The number of carbonyl (C=O) groups is 3. The van der Waals surface area contributed by atoms with Crippen molar-refractivity contribution >= 4 is 24.0 Å². The Hall–Kier alpha value is -2.84. The predicted molar refractivity (Wildman–Crippen MR) is 95.2 cm³/mol. The summed E-state index contributed by atoms with van der Waals surface area (Å²) in [7, 11) is 2.20. The average Bonchev–Trinajstić information content (AvgIpc) is 3.07. The summed E-state index contributed by atoms with van der Waals surface area (Å²) in [6, 6.07) is 4.21. The average molecular weight is 414 g/mol. The van der Waals surface area contributed by atoms with E-state index in [-0.39, 0.29) is 25.0 Å². The van der Waals surface area contributed by atoms with Crippen molar-refractivity contribution in [2.24, 2.45) is 11.3 Å². The van der Waals surface area contributed by atoms with Gasteiger partial charge in [-0.1, -0.05) is 18.2 Å². The molecule has 0 saturated heterocycles. The zero-order chi connectivity index (χ0) is 21.8. The number of alkyl halides is 3. The second-order valence-electron chi connectivity index (χ2n) is 6.54. The van der Waals surface area contributed by atoms with Crippen LogP contribution in [0.25, 0.3) is 6.08 Å². The number of methoxy groups -OCH3 is 2. The van der Waals surface area contributed by atoms with Crippen LogP contribution >= 0.6 is 0 Å². The second kappa shape index (κ2) is 8.67. The van der Waals surface area contributed by atoms with Gasteiger partial charge in [0.1, 0.15) is 0 Å². The third-order valence-corrected chi connectivity index (χ3v) is 4.83. The first-order valence-electron chi connectivity index (χ1n) is 8.81. The third kappa shape index (κ3) is 4.44. The van der Waals surface area contributed by atoms with Gasteiger partial charge in [-0.25, -0.2) is 0 Å². The maximum absolute atomic E-state index is 12.8. The number of hydrogen-bond acceptors (Lipinski definition) is 6. The van der Waals surface area contributed by atoms with E-state index >= 15 is 0 Å². The molecule has 29 heavy (non-hydrogen) atoms. The number of ether oxygens (including phenoxy) is 3. The summed E-state index contributed by atoms with van der Waals surface area (Å²) in [5.74, 6) is -3.20. The quantitative estimate of drug-likeness (QED) is 0.418. The van der Waals surface area contributed by atoms with Gasteiger partial charge in [-0.3, -0.25) is 14.4 Å². The Kier molecular flexibility index (Phi) is 6.71. The van der Waals surface area contributed by atoms with Crippen molar-refractivity contribution in [1.29, 1.82) is 0 Å². The van der Waals surface area contributed by atoms with Gasteiger partial charge in [-0.15, -0.1) is 0 Å². The fourth-order valence-electron chi connectivity index (χ4n) is 3.45. The molecule has 2 rings (SSSR count). The Bertz CT molecular complexity index is 795. The molecule has 1 saturated carbocycles. The van der Waals surface area contributed by atoms with Crippen molar-refractivity contribution in [3.05, 3.63) is 41.0 Å². The van der Waals surface area contributed by atoms with E-state index in [1.54, 1.807) is 6.92 Å². The number of rotatable bonds is 5. The van der Waals surface area contributed by atoms with E-state index in [9.17, 15) is 27.6 Å². The van der Waals surface area contributed by atoms with Gasteiger partial charge < -0.3 is 14.2 Å². The summed E-state index contributed by atoms with van der Waals surface area (Å²) in [5, 5.41) is 0. The molecular weight excluding hydrogens is 393 g/mol. The minimum Gasteiger partial charge on any atom is -0.468 e. The van der Waals surface area contributed by atoms with Gasteiger partial charge in [-0.2, -0.15) is 13.2 Å². The number of halogens is 3. The van der Waals surface area contributed by atoms with Crippen LogP contribution in [-0.2, 0) is 34.8 Å². The monoisotopic (exact) mass is 414 g/mol. The van der Waals surface area contributed by atoms with Crippen molar-refractivity contribution in [2.75, 3.05) is 20.8 Å². The van der Waals surface area contributed by atoms with Gasteiger partial charge in [0.15, 0.2) is 5.41 Å². The minimum absolute atomic E-state index is 0.00402. The maximum Gasteiger partial charge on any atom is 0.416 e. The van der Waals surface area contributed by atoms with Crippen LogP contribution in [0.1, 0.15) is 30.9 Å². The molecular formula is C20H21F3O6. The van der Waals surface area contributed by atoms with E-state index in [1.807, 2.05) is 0 Å².